The van der Waals surface area contributed by atoms with Gasteiger partial charge in [0.2, 0.25) is 0 Å². The lowest BCUT2D eigenvalue weighted by molar-refractivity contribution is 0.298. The first kappa shape index (κ1) is 20.0. The van der Waals surface area contributed by atoms with Gasteiger partial charge in [-0.1, -0.05) is 49.9 Å². The zero-order chi connectivity index (χ0) is 18.8. The van der Waals surface area contributed by atoms with Crippen LogP contribution in [-0.4, -0.2) is 13.2 Å². The van der Waals surface area contributed by atoms with Gasteiger partial charge in [-0.25, -0.2) is 0 Å². The highest BCUT2D eigenvalue weighted by Crippen LogP contribution is 2.25. The van der Waals surface area contributed by atoms with Gasteiger partial charge in [-0.3, -0.25) is 0 Å². The zero-order valence-corrected chi connectivity index (χ0v) is 16.1. The van der Waals surface area contributed by atoms with Crippen LogP contribution in [0.25, 0.3) is 0 Å². The molecule has 0 aromatic heterocycles. The maximum Gasteiger partial charge on any atom is 0.142 e. The van der Waals surface area contributed by atoms with Gasteiger partial charge in [-0.2, -0.15) is 0 Å². The highest BCUT2D eigenvalue weighted by atomic mass is 16.5. The summed E-state index contributed by atoms with van der Waals surface area (Å²) in [5.74, 6) is 1.61. The Kier molecular flexibility index (Phi) is 8.13. The van der Waals surface area contributed by atoms with Crippen molar-refractivity contribution in [2.45, 2.75) is 52.4 Å². The second kappa shape index (κ2) is 10.6. The number of benzene rings is 2. The quantitative estimate of drug-likeness (QED) is 0.425. The molecule has 0 saturated heterocycles. The third-order valence-electron chi connectivity index (χ3n) is 4.62. The molecule has 0 unspecified atom stereocenters. The molecule has 0 aliphatic carbocycles. The van der Waals surface area contributed by atoms with Crippen molar-refractivity contribution >= 4 is 11.4 Å². The predicted molar refractivity (Wildman–Crippen MR) is 110 cm³/mol. The molecule has 0 amide bonds. The zero-order valence-electron chi connectivity index (χ0n) is 16.1. The molecule has 2 aromatic carbocycles. The summed E-state index contributed by atoms with van der Waals surface area (Å²) in [6.07, 6.45) is 6.92. The number of hydrogen-bond donors (Lipinski definition) is 2. The van der Waals surface area contributed by atoms with Gasteiger partial charge in [0.15, 0.2) is 0 Å². The van der Waals surface area contributed by atoms with E-state index in [0.717, 1.165) is 60.1 Å². The fourth-order valence-electron chi connectivity index (χ4n) is 2.83. The van der Waals surface area contributed by atoms with E-state index in [2.05, 4.69) is 0 Å². The fraction of sp³-hybridized carbons (Fsp3) is 0.455. The molecular weight excluding hydrogens is 324 g/mol. The molecule has 0 fully saturated rings. The van der Waals surface area contributed by atoms with E-state index in [0.29, 0.717) is 0 Å². The van der Waals surface area contributed by atoms with Gasteiger partial charge in [0.25, 0.3) is 0 Å². The molecule has 4 nitrogen and oxygen atoms in total. The van der Waals surface area contributed by atoms with Crippen molar-refractivity contribution < 1.29 is 9.47 Å². The van der Waals surface area contributed by atoms with Crippen LogP contribution in [0.15, 0.2) is 36.4 Å². The Morgan fingerprint density at radius 1 is 0.615 bits per heavy atom. The Hall–Kier alpha value is -2.36. The van der Waals surface area contributed by atoms with Gasteiger partial charge in [-0.15, -0.1) is 0 Å². The summed E-state index contributed by atoms with van der Waals surface area (Å²) >= 11 is 0. The lowest BCUT2D eigenvalue weighted by Gasteiger charge is -2.11. The van der Waals surface area contributed by atoms with Gasteiger partial charge in [0.1, 0.15) is 11.5 Å². The average Bonchev–Trinajstić information content (AvgIpc) is 2.63. The lowest BCUT2D eigenvalue weighted by Crippen LogP contribution is -2.02. The average molecular weight is 357 g/mol. The summed E-state index contributed by atoms with van der Waals surface area (Å²) in [7, 11) is 0. The van der Waals surface area contributed by atoms with E-state index in [1.165, 1.54) is 25.7 Å². The van der Waals surface area contributed by atoms with Crippen LogP contribution in [0, 0.1) is 13.8 Å². The van der Waals surface area contributed by atoms with Gasteiger partial charge < -0.3 is 20.9 Å². The molecule has 0 spiro atoms. The summed E-state index contributed by atoms with van der Waals surface area (Å²) in [6, 6.07) is 11.8. The van der Waals surface area contributed by atoms with Crippen LogP contribution in [0.5, 0.6) is 11.5 Å². The minimum Gasteiger partial charge on any atom is -0.491 e. The monoisotopic (exact) mass is 356 g/mol. The van der Waals surface area contributed by atoms with Crippen LogP contribution in [0.1, 0.15) is 49.7 Å². The number of nitrogen functional groups attached to an aromatic ring is 2. The van der Waals surface area contributed by atoms with E-state index in [1.54, 1.807) is 0 Å². The number of unbranched alkanes of at least 4 members (excludes halogenated alkanes) is 5. The molecule has 2 rings (SSSR count). The van der Waals surface area contributed by atoms with Crippen LogP contribution < -0.4 is 20.9 Å². The standard InChI is InChI=1S/C22H32N2O2/c1-17-11-9-13-19(21(17)23)25-15-7-5-3-4-6-8-16-26-20-14-10-12-18(2)22(20)24/h9-14H,3-8,15-16,23-24H2,1-2H3. The second-order valence-corrected chi connectivity index (χ2v) is 6.79. The third-order valence-corrected chi connectivity index (χ3v) is 4.62. The van der Waals surface area contributed by atoms with Crippen LogP contribution in [-0.2, 0) is 0 Å². The number of rotatable bonds is 11. The molecule has 2 aromatic rings. The molecule has 0 atom stereocenters. The molecule has 142 valence electrons. The summed E-state index contributed by atoms with van der Waals surface area (Å²) in [4.78, 5) is 0. The SMILES string of the molecule is Cc1cccc(OCCCCCCCCOc2cccc(C)c2N)c1N. The maximum absolute atomic E-state index is 6.01. The van der Waals surface area contributed by atoms with Crippen molar-refractivity contribution in [3.05, 3.63) is 47.5 Å². The third kappa shape index (κ3) is 6.17. The number of aryl methyl sites for hydroxylation is 2. The number of anilines is 2. The van der Waals surface area contributed by atoms with Crippen LogP contribution >= 0.6 is 0 Å². The number of nitrogens with two attached hydrogens (primary N) is 2. The highest BCUT2D eigenvalue weighted by Gasteiger charge is 2.03. The van der Waals surface area contributed by atoms with E-state index in [9.17, 15) is 0 Å². The smallest absolute Gasteiger partial charge is 0.142 e. The summed E-state index contributed by atoms with van der Waals surface area (Å²) < 4.78 is 11.6. The first-order chi connectivity index (χ1) is 12.6. The van der Waals surface area contributed by atoms with Crippen molar-refractivity contribution in [2.75, 3.05) is 24.7 Å². The minimum absolute atomic E-state index is 0.726. The van der Waals surface area contributed by atoms with Crippen molar-refractivity contribution in [1.82, 2.24) is 0 Å². The van der Waals surface area contributed by atoms with E-state index >= 15 is 0 Å². The topological polar surface area (TPSA) is 70.5 Å². The summed E-state index contributed by atoms with van der Waals surface area (Å²) in [5, 5.41) is 0. The molecule has 0 aliphatic rings. The largest absolute Gasteiger partial charge is 0.491 e. The molecule has 0 radical (unpaired) electrons. The first-order valence-corrected chi connectivity index (χ1v) is 9.55. The predicted octanol–water partition coefficient (Wildman–Crippen LogP) is 5.27. The Balaban J connectivity index is 1.48. The Morgan fingerprint density at radius 2 is 1.00 bits per heavy atom. The highest BCUT2D eigenvalue weighted by molar-refractivity contribution is 5.58. The van der Waals surface area contributed by atoms with Crippen LogP contribution in [0.4, 0.5) is 11.4 Å². The normalized spacial score (nSPS) is 10.7. The fourth-order valence-corrected chi connectivity index (χ4v) is 2.83. The van der Waals surface area contributed by atoms with Crippen LogP contribution in [0.2, 0.25) is 0 Å². The molecule has 0 aliphatic heterocycles. The van der Waals surface area contributed by atoms with Gasteiger partial charge in [0.05, 0.1) is 24.6 Å². The number of hydrogen-bond acceptors (Lipinski definition) is 4. The molecule has 0 heterocycles. The van der Waals surface area contributed by atoms with Crippen LogP contribution in [0.3, 0.4) is 0 Å². The summed E-state index contributed by atoms with van der Waals surface area (Å²) in [6.45, 7) is 5.45. The second-order valence-electron chi connectivity index (χ2n) is 6.79. The van der Waals surface area contributed by atoms with E-state index in [1.807, 2.05) is 50.2 Å². The minimum atomic E-state index is 0.726. The molecule has 26 heavy (non-hydrogen) atoms. The van der Waals surface area contributed by atoms with Crippen molar-refractivity contribution in [3.8, 4) is 11.5 Å². The van der Waals surface area contributed by atoms with E-state index in [-0.39, 0.29) is 0 Å². The van der Waals surface area contributed by atoms with Gasteiger partial charge in [-0.05, 0) is 49.9 Å². The molecule has 4 heteroatoms. The van der Waals surface area contributed by atoms with Crippen molar-refractivity contribution in [3.63, 3.8) is 0 Å². The molecule has 0 bridgehead atoms. The molecule has 4 N–H and O–H groups in total. The van der Waals surface area contributed by atoms with E-state index < -0.39 is 0 Å². The summed E-state index contributed by atoms with van der Waals surface area (Å²) in [5.41, 5.74) is 15.6. The number of para-hydroxylation sites is 2. The maximum atomic E-state index is 6.01. The van der Waals surface area contributed by atoms with Crippen molar-refractivity contribution in [2.24, 2.45) is 0 Å². The molecule has 0 saturated carbocycles. The van der Waals surface area contributed by atoms with Crippen molar-refractivity contribution in [1.29, 1.82) is 0 Å². The number of ether oxygens (including phenoxy) is 2. The Labute approximate surface area is 157 Å². The Bertz CT molecular complexity index is 626. The van der Waals surface area contributed by atoms with Gasteiger partial charge >= 0.3 is 0 Å². The Morgan fingerprint density at radius 3 is 1.42 bits per heavy atom. The van der Waals surface area contributed by atoms with E-state index in [4.69, 9.17) is 20.9 Å². The lowest BCUT2D eigenvalue weighted by atomic mass is 10.1. The first-order valence-electron chi connectivity index (χ1n) is 9.55. The van der Waals surface area contributed by atoms with Gasteiger partial charge in [0, 0.05) is 0 Å². The molecular formula is C22H32N2O2.